The van der Waals surface area contributed by atoms with E-state index in [4.69, 9.17) is 0 Å². The van der Waals surface area contributed by atoms with Crippen molar-refractivity contribution in [1.82, 2.24) is 0 Å². The topological polar surface area (TPSA) is 17.1 Å². The fourth-order valence-corrected chi connectivity index (χ4v) is 3.83. The fraction of sp³-hybridized carbons (Fsp3) is 0.727. The van der Waals surface area contributed by atoms with Crippen LogP contribution in [0.2, 0.25) is 0 Å². The van der Waals surface area contributed by atoms with E-state index in [2.05, 4.69) is 6.58 Å². The van der Waals surface area contributed by atoms with Gasteiger partial charge in [0.2, 0.25) is 0 Å². The Morgan fingerprint density at radius 2 is 2.25 bits per heavy atom. The summed E-state index contributed by atoms with van der Waals surface area (Å²) in [6, 6.07) is 0. The summed E-state index contributed by atoms with van der Waals surface area (Å²) in [4.78, 5) is 11.6. The van der Waals surface area contributed by atoms with Crippen LogP contribution in [0.1, 0.15) is 32.1 Å². The molecular weight excluding hydrogens is 148 g/mol. The van der Waals surface area contributed by atoms with Crippen molar-refractivity contribution in [3.63, 3.8) is 0 Å². The van der Waals surface area contributed by atoms with Crippen molar-refractivity contribution in [1.29, 1.82) is 0 Å². The molecule has 3 atom stereocenters. The number of ketones is 1. The van der Waals surface area contributed by atoms with Crippen LogP contribution >= 0.6 is 0 Å². The number of Topliss-reactive ketones (excluding diaryl/α,β-unsaturated/α-hetero) is 1. The van der Waals surface area contributed by atoms with Crippen LogP contribution in [0.4, 0.5) is 0 Å². The molecule has 0 amide bonds. The van der Waals surface area contributed by atoms with Gasteiger partial charge in [-0.1, -0.05) is 18.6 Å². The maximum atomic E-state index is 11.6. The van der Waals surface area contributed by atoms with E-state index in [1.807, 2.05) is 0 Å². The molecule has 12 heavy (non-hydrogen) atoms. The molecule has 0 aromatic carbocycles. The second-order valence-electron chi connectivity index (χ2n) is 4.67. The molecule has 0 bridgehead atoms. The molecule has 3 rings (SSSR count). The Bertz CT molecular complexity index is 277. The second-order valence-corrected chi connectivity index (χ2v) is 4.67. The Morgan fingerprint density at radius 3 is 2.92 bits per heavy atom. The highest BCUT2D eigenvalue weighted by molar-refractivity contribution is 5.93. The van der Waals surface area contributed by atoms with E-state index in [9.17, 15) is 4.79 Å². The summed E-state index contributed by atoms with van der Waals surface area (Å²) in [6.45, 7) is 4.11. The monoisotopic (exact) mass is 162 g/mol. The normalized spacial score (nSPS) is 50.3. The maximum absolute atomic E-state index is 11.6. The van der Waals surface area contributed by atoms with Crippen LogP contribution < -0.4 is 0 Å². The number of hydrogen-bond donors (Lipinski definition) is 0. The third-order valence-corrected chi connectivity index (χ3v) is 4.39. The zero-order chi connectivity index (χ0) is 8.34. The lowest BCUT2D eigenvalue weighted by molar-refractivity contribution is -0.145. The van der Waals surface area contributed by atoms with Gasteiger partial charge in [-0.05, 0) is 31.1 Å². The molecule has 0 radical (unpaired) electrons. The largest absolute Gasteiger partial charge is 0.299 e. The van der Waals surface area contributed by atoms with Crippen molar-refractivity contribution < 1.29 is 4.79 Å². The molecule has 1 nitrogen and oxygen atoms in total. The molecule has 0 saturated heterocycles. The number of allylic oxidation sites excluding steroid dienone is 1. The van der Waals surface area contributed by atoms with Crippen LogP contribution in [-0.4, -0.2) is 5.78 Å². The number of hydrogen-bond acceptors (Lipinski definition) is 1. The van der Waals surface area contributed by atoms with Crippen LogP contribution in [0, 0.1) is 17.3 Å². The summed E-state index contributed by atoms with van der Waals surface area (Å²) >= 11 is 0. The quantitative estimate of drug-likeness (QED) is 0.499. The molecule has 0 N–H and O–H groups in total. The smallest absolute Gasteiger partial charge is 0.140 e. The van der Waals surface area contributed by atoms with Crippen molar-refractivity contribution in [3.05, 3.63) is 12.2 Å². The first-order valence-corrected chi connectivity index (χ1v) is 4.96. The van der Waals surface area contributed by atoms with E-state index in [-0.39, 0.29) is 5.41 Å². The molecule has 1 heteroatoms. The maximum Gasteiger partial charge on any atom is 0.140 e. The lowest BCUT2D eigenvalue weighted by atomic mass is 9.58. The minimum atomic E-state index is 0.136. The number of carbonyl (C=O) groups is 1. The molecular formula is C11H14O. The number of carbonyl (C=O) groups excluding carboxylic acids is 1. The van der Waals surface area contributed by atoms with Crippen molar-refractivity contribution >= 4 is 5.78 Å². The van der Waals surface area contributed by atoms with E-state index in [0.717, 1.165) is 12.8 Å². The van der Waals surface area contributed by atoms with Gasteiger partial charge < -0.3 is 0 Å². The SMILES string of the molecule is C=C1CC2CC(=O)C23CCCC13. The van der Waals surface area contributed by atoms with Gasteiger partial charge in [0, 0.05) is 11.8 Å². The van der Waals surface area contributed by atoms with Crippen molar-refractivity contribution in [2.45, 2.75) is 32.1 Å². The Morgan fingerprint density at radius 1 is 1.42 bits per heavy atom. The van der Waals surface area contributed by atoms with Gasteiger partial charge in [-0.25, -0.2) is 0 Å². The zero-order valence-corrected chi connectivity index (χ0v) is 7.31. The molecule has 0 aromatic heterocycles. The van der Waals surface area contributed by atoms with E-state index in [1.165, 1.54) is 24.8 Å². The van der Waals surface area contributed by atoms with Crippen molar-refractivity contribution in [2.75, 3.05) is 0 Å². The highest BCUT2D eigenvalue weighted by Crippen LogP contribution is 2.66. The van der Waals surface area contributed by atoms with Crippen LogP contribution in [0.25, 0.3) is 0 Å². The average molecular weight is 162 g/mol. The molecule has 0 heterocycles. The first kappa shape index (κ1) is 6.88. The molecule has 3 unspecified atom stereocenters. The lowest BCUT2D eigenvalue weighted by Gasteiger charge is -2.43. The Balaban J connectivity index is 2.08. The van der Waals surface area contributed by atoms with E-state index in [1.54, 1.807) is 0 Å². The summed E-state index contributed by atoms with van der Waals surface area (Å²) < 4.78 is 0. The molecule has 3 saturated carbocycles. The third-order valence-electron chi connectivity index (χ3n) is 4.39. The fourth-order valence-electron chi connectivity index (χ4n) is 3.83. The van der Waals surface area contributed by atoms with Gasteiger partial charge in [0.15, 0.2) is 0 Å². The van der Waals surface area contributed by atoms with Gasteiger partial charge >= 0.3 is 0 Å². The standard InChI is InChI=1S/C11H14O/c1-7-5-8-6-10(12)11(8)4-2-3-9(7)11/h8-9H,1-6H2. The predicted molar refractivity (Wildman–Crippen MR) is 46.6 cm³/mol. The van der Waals surface area contributed by atoms with Gasteiger partial charge in [-0.2, -0.15) is 0 Å². The Kier molecular flexibility index (Phi) is 1.05. The predicted octanol–water partition coefficient (Wildman–Crippen LogP) is 2.32. The summed E-state index contributed by atoms with van der Waals surface area (Å²) in [7, 11) is 0. The van der Waals surface area contributed by atoms with Gasteiger partial charge in [0.05, 0.1) is 0 Å². The summed E-state index contributed by atoms with van der Waals surface area (Å²) in [6.07, 6.45) is 5.67. The van der Waals surface area contributed by atoms with Crippen LogP contribution in [0.3, 0.4) is 0 Å². The van der Waals surface area contributed by atoms with E-state index < -0.39 is 0 Å². The average Bonchev–Trinajstić information content (AvgIpc) is 2.55. The Labute approximate surface area is 72.8 Å². The molecule has 0 aromatic rings. The summed E-state index contributed by atoms with van der Waals surface area (Å²) in [5.41, 5.74) is 1.51. The minimum absolute atomic E-state index is 0.136. The first-order valence-electron chi connectivity index (χ1n) is 4.96. The van der Waals surface area contributed by atoms with Crippen LogP contribution in [0.5, 0.6) is 0 Å². The van der Waals surface area contributed by atoms with Crippen LogP contribution in [0.15, 0.2) is 12.2 Å². The molecule has 3 fully saturated rings. The summed E-state index contributed by atoms with van der Waals surface area (Å²) in [5.74, 6) is 1.84. The van der Waals surface area contributed by atoms with Crippen LogP contribution in [-0.2, 0) is 4.79 Å². The molecule has 3 aliphatic rings. The van der Waals surface area contributed by atoms with Crippen molar-refractivity contribution in [2.24, 2.45) is 17.3 Å². The molecule has 0 aliphatic heterocycles. The molecule has 3 aliphatic carbocycles. The van der Waals surface area contributed by atoms with Gasteiger partial charge in [0.25, 0.3) is 0 Å². The summed E-state index contributed by atoms with van der Waals surface area (Å²) in [5, 5.41) is 0. The third kappa shape index (κ3) is 0.502. The second kappa shape index (κ2) is 1.84. The number of rotatable bonds is 0. The van der Waals surface area contributed by atoms with Gasteiger partial charge in [-0.15, -0.1) is 0 Å². The lowest BCUT2D eigenvalue weighted by Crippen LogP contribution is -2.47. The van der Waals surface area contributed by atoms with Gasteiger partial charge in [-0.3, -0.25) is 4.79 Å². The highest BCUT2D eigenvalue weighted by atomic mass is 16.1. The minimum Gasteiger partial charge on any atom is -0.299 e. The van der Waals surface area contributed by atoms with E-state index >= 15 is 0 Å². The first-order chi connectivity index (χ1) is 5.75. The molecule has 1 spiro atoms. The van der Waals surface area contributed by atoms with E-state index in [0.29, 0.717) is 17.6 Å². The highest BCUT2D eigenvalue weighted by Gasteiger charge is 2.64. The Hall–Kier alpha value is -0.590. The van der Waals surface area contributed by atoms with Gasteiger partial charge in [0.1, 0.15) is 5.78 Å². The van der Waals surface area contributed by atoms with Crippen molar-refractivity contribution in [3.8, 4) is 0 Å². The molecule has 64 valence electrons. The zero-order valence-electron chi connectivity index (χ0n) is 7.31.